The van der Waals surface area contributed by atoms with Crippen molar-refractivity contribution in [3.8, 4) is 0 Å². The lowest BCUT2D eigenvalue weighted by Gasteiger charge is -2.33. The number of rotatable bonds is 2. The standard InChI is InChI=1S/C21H26O5/c1-6-11(2)20(24)25-17-10-21(5)18(23)9-16(26-21)12(3)7-14-8-15(22)13(4)19(14)17/h6-7,9,13-14,17,19H,8,10H2,1-5H3/b11-6-,12-7-/t13-,14+,17+,19+,21-/m1/s1. The van der Waals surface area contributed by atoms with Gasteiger partial charge in [-0.05, 0) is 39.2 Å². The fraction of sp³-hybridized carbons (Fsp3) is 0.571. The Bertz CT molecular complexity index is 756. The average Bonchev–Trinajstić information content (AvgIpc) is 3.03. The van der Waals surface area contributed by atoms with Gasteiger partial charge < -0.3 is 9.47 Å². The number of allylic oxidation sites excluding steroid dienone is 3. The molecule has 1 saturated carbocycles. The lowest BCUT2D eigenvalue weighted by Crippen LogP contribution is -2.43. The molecular weight excluding hydrogens is 332 g/mol. The van der Waals surface area contributed by atoms with Crippen molar-refractivity contribution < 1.29 is 23.9 Å². The Morgan fingerprint density at radius 2 is 2.08 bits per heavy atom. The van der Waals surface area contributed by atoms with Crippen LogP contribution in [0.4, 0.5) is 0 Å². The van der Waals surface area contributed by atoms with Crippen LogP contribution in [0.3, 0.4) is 0 Å². The van der Waals surface area contributed by atoms with Crippen molar-refractivity contribution in [2.45, 2.75) is 59.2 Å². The number of hydrogen-bond donors (Lipinski definition) is 0. The molecule has 0 amide bonds. The van der Waals surface area contributed by atoms with Crippen molar-refractivity contribution in [1.82, 2.24) is 0 Å². The summed E-state index contributed by atoms with van der Waals surface area (Å²) in [5.74, 6) is -0.212. The molecule has 5 atom stereocenters. The van der Waals surface area contributed by atoms with E-state index in [-0.39, 0.29) is 35.7 Å². The molecule has 2 bridgehead atoms. The molecule has 0 aromatic rings. The minimum Gasteiger partial charge on any atom is -0.479 e. The summed E-state index contributed by atoms with van der Waals surface area (Å²) in [6.45, 7) is 8.99. The van der Waals surface area contributed by atoms with Gasteiger partial charge in [-0.25, -0.2) is 4.79 Å². The van der Waals surface area contributed by atoms with Crippen LogP contribution < -0.4 is 0 Å². The third-order valence-electron chi connectivity index (χ3n) is 6.02. The fourth-order valence-corrected chi connectivity index (χ4v) is 4.23. The number of hydrogen-bond acceptors (Lipinski definition) is 5. The lowest BCUT2D eigenvalue weighted by atomic mass is 9.79. The van der Waals surface area contributed by atoms with Crippen molar-refractivity contribution in [1.29, 1.82) is 0 Å². The van der Waals surface area contributed by atoms with E-state index in [4.69, 9.17) is 9.47 Å². The van der Waals surface area contributed by atoms with E-state index in [1.54, 1.807) is 26.8 Å². The van der Waals surface area contributed by atoms with Gasteiger partial charge in [-0.15, -0.1) is 0 Å². The summed E-state index contributed by atoms with van der Waals surface area (Å²) in [6, 6.07) is 0. The highest BCUT2D eigenvalue weighted by atomic mass is 16.6. The Balaban J connectivity index is 2.04. The van der Waals surface area contributed by atoms with E-state index in [0.29, 0.717) is 17.8 Å². The minimum atomic E-state index is -1.07. The zero-order valence-electron chi connectivity index (χ0n) is 16.0. The quantitative estimate of drug-likeness (QED) is 0.559. The van der Waals surface area contributed by atoms with Gasteiger partial charge >= 0.3 is 5.97 Å². The average molecular weight is 358 g/mol. The molecule has 0 spiro atoms. The van der Waals surface area contributed by atoms with E-state index < -0.39 is 17.7 Å². The Morgan fingerprint density at radius 3 is 2.73 bits per heavy atom. The summed E-state index contributed by atoms with van der Waals surface area (Å²) in [5.41, 5.74) is 0.294. The van der Waals surface area contributed by atoms with Gasteiger partial charge in [-0.1, -0.05) is 19.1 Å². The van der Waals surface area contributed by atoms with Crippen molar-refractivity contribution >= 4 is 17.5 Å². The summed E-state index contributed by atoms with van der Waals surface area (Å²) in [4.78, 5) is 37.4. The highest BCUT2D eigenvalue weighted by Gasteiger charge is 2.51. The molecule has 0 N–H and O–H groups in total. The largest absolute Gasteiger partial charge is 0.479 e. The Labute approximate surface area is 154 Å². The normalized spacial score (nSPS) is 39.0. The molecule has 5 heteroatoms. The second-order valence-corrected chi connectivity index (χ2v) is 7.88. The number of ketones is 2. The van der Waals surface area contributed by atoms with Crippen molar-refractivity contribution in [2.24, 2.45) is 17.8 Å². The molecule has 3 rings (SSSR count). The SMILES string of the molecule is C/C=C(/C)C(=O)O[C@H]1C[C@@]2(C)OC(=CC2=O)/C(C)=C\[C@H]2CC(=O)[C@@H](C)[C@H]12. The van der Waals surface area contributed by atoms with Crippen molar-refractivity contribution in [3.05, 3.63) is 35.1 Å². The molecule has 140 valence electrons. The predicted molar refractivity (Wildman–Crippen MR) is 96.0 cm³/mol. The number of carbonyl (C=O) groups excluding carboxylic acids is 3. The molecule has 0 aromatic heterocycles. The maximum atomic E-state index is 12.6. The first-order chi connectivity index (χ1) is 12.2. The van der Waals surface area contributed by atoms with Crippen LogP contribution in [0.25, 0.3) is 0 Å². The minimum absolute atomic E-state index is 0.0243. The maximum absolute atomic E-state index is 12.6. The van der Waals surface area contributed by atoms with E-state index in [9.17, 15) is 14.4 Å². The maximum Gasteiger partial charge on any atom is 0.333 e. The smallest absolute Gasteiger partial charge is 0.333 e. The van der Waals surface area contributed by atoms with Crippen LogP contribution in [-0.2, 0) is 23.9 Å². The van der Waals surface area contributed by atoms with Gasteiger partial charge in [-0.2, -0.15) is 0 Å². The van der Waals surface area contributed by atoms with Gasteiger partial charge in [0.05, 0.1) is 0 Å². The highest BCUT2D eigenvalue weighted by Crippen LogP contribution is 2.45. The Kier molecular flexibility index (Phi) is 4.67. The van der Waals surface area contributed by atoms with Crippen LogP contribution >= 0.6 is 0 Å². The highest BCUT2D eigenvalue weighted by molar-refractivity contribution is 6.00. The second kappa shape index (κ2) is 6.53. The molecule has 0 aromatic carbocycles. The lowest BCUT2D eigenvalue weighted by molar-refractivity contribution is -0.155. The van der Waals surface area contributed by atoms with Crippen LogP contribution in [0.2, 0.25) is 0 Å². The molecule has 0 unspecified atom stereocenters. The topological polar surface area (TPSA) is 69.7 Å². The zero-order valence-corrected chi connectivity index (χ0v) is 16.0. The van der Waals surface area contributed by atoms with E-state index in [2.05, 4.69) is 0 Å². The number of carbonyl (C=O) groups is 3. The van der Waals surface area contributed by atoms with Gasteiger partial charge in [0.25, 0.3) is 0 Å². The molecule has 26 heavy (non-hydrogen) atoms. The molecule has 2 aliphatic heterocycles. The molecule has 2 heterocycles. The summed E-state index contributed by atoms with van der Waals surface area (Å²) in [7, 11) is 0. The van der Waals surface area contributed by atoms with Crippen LogP contribution in [0.1, 0.15) is 47.5 Å². The van der Waals surface area contributed by atoms with Gasteiger partial charge in [0, 0.05) is 36.3 Å². The van der Waals surface area contributed by atoms with E-state index in [0.717, 1.165) is 5.57 Å². The zero-order chi connectivity index (χ0) is 19.2. The number of Topliss-reactive ketones (excluding diaryl/α,β-unsaturated/α-hetero) is 1. The monoisotopic (exact) mass is 358 g/mol. The first-order valence-corrected chi connectivity index (χ1v) is 9.17. The van der Waals surface area contributed by atoms with Gasteiger partial charge in [0.15, 0.2) is 5.60 Å². The van der Waals surface area contributed by atoms with Crippen LogP contribution in [0, 0.1) is 17.8 Å². The van der Waals surface area contributed by atoms with Gasteiger partial charge in [0.2, 0.25) is 5.78 Å². The van der Waals surface area contributed by atoms with Crippen LogP contribution in [-0.4, -0.2) is 29.2 Å². The van der Waals surface area contributed by atoms with Crippen LogP contribution in [0.15, 0.2) is 35.1 Å². The third-order valence-corrected chi connectivity index (χ3v) is 6.02. The number of fused-ring (bicyclic) bond motifs is 3. The Hall–Kier alpha value is -2.17. The summed E-state index contributed by atoms with van der Waals surface area (Å²) < 4.78 is 11.8. The molecule has 1 fully saturated rings. The van der Waals surface area contributed by atoms with Crippen LogP contribution in [0.5, 0.6) is 0 Å². The third kappa shape index (κ3) is 3.04. The number of ether oxygens (including phenoxy) is 2. The fourth-order valence-electron chi connectivity index (χ4n) is 4.23. The first-order valence-electron chi connectivity index (χ1n) is 9.17. The molecule has 1 aliphatic carbocycles. The van der Waals surface area contributed by atoms with E-state index in [1.807, 2.05) is 19.9 Å². The first kappa shape index (κ1) is 18.6. The van der Waals surface area contributed by atoms with Crippen molar-refractivity contribution in [2.75, 3.05) is 0 Å². The van der Waals surface area contributed by atoms with E-state index in [1.165, 1.54) is 6.08 Å². The Morgan fingerprint density at radius 1 is 1.38 bits per heavy atom. The molecular formula is C21H26O5. The second-order valence-electron chi connectivity index (χ2n) is 7.88. The summed E-state index contributed by atoms with van der Waals surface area (Å²) in [5, 5.41) is 0. The molecule has 5 nitrogen and oxygen atoms in total. The molecule has 0 saturated heterocycles. The summed E-state index contributed by atoms with van der Waals surface area (Å²) in [6.07, 6.45) is 5.33. The van der Waals surface area contributed by atoms with E-state index >= 15 is 0 Å². The van der Waals surface area contributed by atoms with Gasteiger partial charge in [0.1, 0.15) is 17.6 Å². The number of esters is 1. The molecule has 0 radical (unpaired) electrons. The van der Waals surface area contributed by atoms with Gasteiger partial charge in [-0.3, -0.25) is 9.59 Å². The molecule has 3 aliphatic rings. The summed E-state index contributed by atoms with van der Waals surface area (Å²) >= 11 is 0. The predicted octanol–water partition coefficient (Wildman–Crippen LogP) is 3.30. The van der Waals surface area contributed by atoms with Crippen molar-refractivity contribution in [3.63, 3.8) is 0 Å².